The largest absolute Gasteiger partial charge is 0.439 e. The van der Waals surface area contributed by atoms with Gasteiger partial charge in [-0.3, -0.25) is 0 Å². The molecule has 0 aliphatic rings. The van der Waals surface area contributed by atoms with Gasteiger partial charge >= 0.3 is 0 Å². The van der Waals surface area contributed by atoms with E-state index in [1.165, 1.54) is 11.3 Å². The molecule has 0 aliphatic heterocycles. The molecule has 2 aromatic heterocycles. The van der Waals surface area contributed by atoms with Crippen molar-refractivity contribution >= 4 is 42.6 Å². The van der Waals surface area contributed by atoms with Crippen molar-refractivity contribution in [1.82, 2.24) is 9.97 Å². The molecule has 0 spiro atoms. The minimum absolute atomic E-state index is 0.551. The topological polar surface area (TPSA) is 61.0 Å². The van der Waals surface area contributed by atoms with Gasteiger partial charge in [0.25, 0.3) is 0 Å². The monoisotopic (exact) mass is 321 g/mol. The summed E-state index contributed by atoms with van der Waals surface area (Å²) in [6.45, 7) is 0. The molecule has 0 radical (unpaired) electrons. The molecule has 0 saturated carbocycles. The van der Waals surface area contributed by atoms with Crippen molar-refractivity contribution in [1.29, 1.82) is 0 Å². The summed E-state index contributed by atoms with van der Waals surface area (Å²) < 4.78 is 7.58. The highest BCUT2D eigenvalue weighted by atomic mass is 79.9. The molecule has 0 atom stereocenters. The Hall–Kier alpha value is -1.66. The van der Waals surface area contributed by atoms with Crippen LogP contribution in [0, 0.1) is 0 Å². The highest BCUT2D eigenvalue weighted by Crippen LogP contribution is 2.29. The van der Waals surface area contributed by atoms with Crippen LogP contribution in [0.3, 0.4) is 0 Å². The first-order valence-electron chi connectivity index (χ1n) is 5.16. The van der Waals surface area contributed by atoms with Crippen LogP contribution in [0.5, 0.6) is 11.6 Å². The van der Waals surface area contributed by atoms with Crippen molar-refractivity contribution in [3.05, 3.63) is 41.0 Å². The first-order valence-corrected chi connectivity index (χ1v) is 6.77. The summed E-state index contributed by atoms with van der Waals surface area (Å²) in [7, 11) is 0. The van der Waals surface area contributed by atoms with E-state index in [0.717, 1.165) is 20.4 Å². The molecule has 4 nitrogen and oxygen atoms in total. The fourth-order valence-electron chi connectivity index (χ4n) is 1.53. The van der Waals surface area contributed by atoms with E-state index in [1.54, 1.807) is 12.3 Å². The maximum atomic E-state index is 5.66. The maximum Gasteiger partial charge on any atom is 0.219 e. The molecule has 6 heteroatoms. The number of ether oxygens (including phenoxy) is 1. The first-order chi connectivity index (χ1) is 8.70. The summed E-state index contributed by atoms with van der Waals surface area (Å²) >= 11 is 4.77. The number of nitrogens with zero attached hydrogens (tertiary/aromatic N) is 2. The smallest absolute Gasteiger partial charge is 0.219 e. The molecule has 0 saturated heterocycles. The van der Waals surface area contributed by atoms with Crippen LogP contribution in [0.2, 0.25) is 0 Å². The predicted octanol–water partition coefficient (Wildman–Crippen LogP) is 3.83. The minimum atomic E-state index is 0.551. The molecular weight excluding hydrogens is 314 g/mol. The summed E-state index contributed by atoms with van der Waals surface area (Å²) in [5.74, 6) is 1.27. The predicted molar refractivity (Wildman–Crippen MR) is 76.0 cm³/mol. The van der Waals surface area contributed by atoms with Crippen LogP contribution < -0.4 is 10.5 Å². The number of anilines is 1. The van der Waals surface area contributed by atoms with E-state index >= 15 is 0 Å². The molecule has 0 fully saturated rings. The molecule has 18 heavy (non-hydrogen) atoms. The number of nitrogen functional groups attached to an aromatic ring is 1. The molecule has 0 unspecified atom stereocenters. The van der Waals surface area contributed by atoms with Crippen molar-refractivity contribution in [2.75, 3.05) is 5.73 Å². The van der Waals surface area contributed by atoms with Gasteiger partial charge in [-0.1, -0.05) is 11.3 Å². The number of halogens is 1. The van der Waals surface area contributed by atoms with Gasteiger partial charge in [-0.05, 0) is 34.1 Å². The molecule has 2 heterocycles. The van der Waals surface area contributed by atoms with Gasteiger partial charge in [0.15, 0.2) is 5.13 Å². The van der Waals surface area contributed by atoms with Crippen molar-refractivity contribution in [2.45, 2.75) is 0 Å². The van der Waals surface area contributed by atoms with E-state index < -0.39 is 0 Å². The van der Waals surface area contributed by atoms with E-state index in [-0.39, 0.29) is 0 Å². The lowest BCUT2D eigenvalue weighted by atomic mass is 10.3. The maximum absolute atomic E-state index is 5.66. The van der Waals surface area contributed by atoms with Crippen molar-refractivity contribution < 1.29 is 4.74 Å². The third kappa shape index (κ3) is 2.30. The highest BCUT2D eigenvalue weighted by molar-refractivity contribution is 9.10. The van der Waals surface area contributed by atoms with Gasteiger partial charge in [0.05, 0.1) is 10.2 Å². The fraction of sp³-hybridized carbons (Fsp3) is 0. The van der Waals surface area contributed by atoms with Crippen LogP contribution in [0.4, 0.5) is 5.13 Å². The third-order valence-electron chi connectivity index (χ3n) is 2.30. The number of hydrogen-bond acceptors (Lipinski definition) is 5. The van der Waals surface area contributed by atoms with Gasteiger partial charge in [-0.25, -0.2) is 9.97 Å². The summed E-state index contributed by atoms with van der Waals surface area (Å²) in [5.41, 5.74) is 6.54. The molecule has 0 aliphatic carbocycles. The Morgan fingerprint density at radius 1 is 1.22 bits per heavy atom. The number of pyridine rings is 1. The van der Waals surface area contributed by atoms with Gasteiger partial charge in [-0.2, -0.15) is 0 Å². The number of fused-ring (bicyclic) bond motifs is 1. The van der Waals surface area contributed by atoms with Crippen LogP contribution >= 0.6 is 27.3 Å². The van der Waals surface area contributed by atoms with E-state index in [0.29, 0.717) is 11.0 Å². The second-order valence-electron chi connectivity index (χ2n) is 3.60. The molecule has 1 aromatic carbocycles. The van der Waals surface area contributed by atoms with Gasteiger partial charge in [0, 0.05) is 22.8 Å². The molecule has 0 amide bonds. The van der Waals surface area contributed by atoms with E-state index in [4.69, 9.17) is 10.5 Å². The van der Waals surface area contributed by atoms with Crippen LogP contribution in [-0.4, -0.2) is 9.97 Å². The number of aromatic nitrogens is 2. The average Bonchev–Trinajstić information content (AvgIpc) is 2.71. The second-order valence-corrected chi connectivity index (χ2v) is 5.58. The van der Waals surface area contributed by atoms with Crippen molar-refractivity contribution in [2.24, 2.45) is 0 Å². The van der Waals surface area contributed by atoms with Gasteiger partial charge in [-0.15, -0.1) is 0 Å². The van der Waals surface area contributed by atoms with Gasteiger partial charge in [0.2, 0.25) is 5.88 Å². The Morgan fingerprint density at radius 2 is 2.11 bits per heavy atom. The fourth-order valence-corrected chi connectivity index (χ4v) is 2.53. The SMILES string of the molecule is Nc1nc2ccc(Oc3ccc(Br)cn3)cc2s1. The van der Waals surface area contributed by atoms with Crippen molar-refractivity contribution in [3.63, 3.8) is 0 Å². The quantitative estimate of drug-likeness (QED) is 0.779. The molecule has 2 N–H and O–H groups in total. The van der Waals surface area contributed by atoms with Crippen LogP contribution in [0.25, 0.3) is 10.2 Å². The molecule has 3 rings (SSSR count). The molecule has 90 valence electrons. The van der Waals surface area contributed by atoms with E-state index in [1.807, 2.05) is 24.3 Å². The summed E-state index contributed by atoms with van der Waals surface area (Å²) in [4.78, 5) is 8.34. The van der Waals surface area contributed by atoms with Gasteiger partial charge in [0.1, 0.15) is 5.75 Å². The zero-order valence-corrected chi connectivity index (χ0v) is 11.5. The second kappa shape index (κ2) is 4.55. The molecular formula is C12H8BrN3OS. The Balaban J connectivity index is 1.92. The third-order valence-corrected chi connectivity index (χ3v) is 3.62. The number of benzene rings is 1. The van der Waals surface area contributed by atoms with Crippen LogP contribution in [0.15, 0.2) is 41.0 Å². The number of nitrogens with two attached hydrogens (primary N) is 1. The summed E-state index contributed by atoms with van der Waals surface area (Å²) in [6.07, 6.45) is 1.69. The number of hydrogen-bond donors (Lipinski definition) is 1. The zero-order valence-electron chi connectivity index (χ0n) is 9.13. The lowest BCUT2D eigenvalue weighted by Gasteiger charge is -2.03. The lowest BCUT2D eigenvalue weighted by Crippen LogP contribution is -1.86. The lowest BCUT2D eigenvalue weighted by molar-refractivity contribution is 0.463. The Bertz CT molecular complexity index is 696. The standard InChI is InChI=1S/C12H8BrN3OS/c13-7-1-4-11(15-6-7)17-8-2-3-9-10(5-8)18-12(14)16-9/h1-6H,(H2,14,16). The summed E-state index contributed by atoms with van der Waals surface area (Å²) in [5, 5.41) is 0.559. The van der Waals surface area contributed by atoms with E-state index in [9.17, 15) is 0 Å². The Kier molecular flexibility index (Phi) is 2.89. The van der Waals surface area contributed by atoms with Crippen LogP contribution in [0.1, 0.15) is 0 Å². The highest BCUT2D eigenvalue weighted by Gasteiger charge is 2.04. The molecule has 0 bridgehead atoms. The average molecular weight is 322 g/mol. The normalized spacial score (nSPS) is 10.7. The first kappa shape index (κ1) is 11.4. The van der Waals surface area contributed by atoms with E-state index in [2.05, 4.69) is 25.9 Å². The Morgan fingerprint density at radius 3 is 2.89 bits per heavy atom. The zero-order chi connectivity index (χ0) is 12.5. The number of thiazole rings is 1. The Labute approximate surface area is 116 Å². The van der Waals surface area contributed by atoms with Crippen molar-refractivity contribution in [3.8, 4) is 11.6 Å². The summed E-state index contributed by atoms with van der Waals surface area (Å²) in [6, 6.07) is 9.33. The number of rotatable bonds is 2. The molecule has 3 aromatic rings. The van der Waals surface area contributed by atoms with Gasteiger partial charge < -0.3 is 10.5 Å². The minimum Gasteiger partial charge on any atom is -0.439 e. The van der Waals surface area contributed by atoms with Crippen LogP contribution in [-0.2, 0) is 0 Å².